The van der Waals surface area contributed by atoms with Gasteiger partial charge in [0.25, 0.3) is 5.88 Å². The summed E-state index contributed by atoms with van der Waals surface area (Å²) in [5.74, 6) is -0.00508. The van der Waals surface area contributed by atoms with E-state index in [1.54, 1.807) is 11.8 Å². The highest BCUT2D eigenvalue weighted by atomic mass is 32.2. The SMILES string of the molecule is Oc1nsnc1-c1ccc2c(c1)Sc1ccccc1C=C2. The van der Waals surface area contributed by atoms with Crippen LogP contribution in [0.1, 0.15) is 11.1 Å². The maximum Gasteiger partial charge on any atom is 0.251 e. The van der Waals surface area contributed by atoms with Crippen molar-refractivity contribution in [3.63, 3.8) is 0 Å². The van der Waals surface area contributed by atoms with Gasteiger partial charge in [-0.05, 0) is 23.3 Å². The van der Waals surface area contributed by atoms with Gasteiger partial charge in [-0.25, -0.2) is 0 Å². The van der Waals surface area contributed by atoms with Crippen molar-refractivity contribution in [3.8, 4) is 17.1 Å². The Labute approximate surface area is 130 Å². The molecular weight excluding hydrogens is 300 g/mol. The molecule has 1 aliphatic rings. The second-order valence-corrected chi connectivity index (χ2v) is 6.27. The van der Waals surface area contributed by atoms with E-state index in [1.165, 1.54) is 16.0 Å². The first kappa shape index (κ1) is 12.6. The summed E-state index contributed by atoms with van der Waals surface area (Å²) < 4.78 is 7.98. The number of aromatic nitrogens is 2. The Bertz CT molecular complexity index is 855. The molecule has 0 radical (unpaired) electrons. The molecule has 3 aromatic rings. The highest BCUT2D eigenvalue weighted by Crippen LogP contribution is 2.39. The van der Waals surface area contributed by atoms with Gasteiger partial charge in [-0.3, -0.25) is 0 Å². The Hall–Kier alpha value is -2.11. The van der Waals surface area contributed by atoms with Crippen molar-refractivity contribution in [1.29, 1.82) is 0 Å². The molecule has 2 aromatic carbocycles. The fourth-order valence-electron chi connectivity index (χ4n) is 2.28. The Balaban J connectivity index is 1.83. The maximum absolute atomic E-state index is 9.74. The van der Waals surface area contributed by atoms with E-state index in [0.29, 0.717) is 5.69 Å². The first-order valence-corrected chi connectivity index (χ1v) is 7.97. The van der Waals surface area contributed by atoms with Crippen molar-refractivity contribution in [2.24, 2.45) is 0 Å². The van der Waals surface area contributed by atoms with Crippen molar-refractivity contribution in [3.05, 3.63) is 53.6 Å². The molecule has 3 nitrogen and oxygen atoms in total. The van der Waals surface area contributed by atoms with Gasteiger partial charge in [0.2, 0.25) is 0 Å². The number of rotatable bonds is 1. The first-order valence-electron chi connectivity index (χ1n) is 6.42. The van der Waals surface area contributed by atoms with Crippen LogP contribution in [0.25, 0.3) is 23.4 Å². The fraction of sp³-hybridized carbons (Fsp3) is 0. The molecule has 0 aliphatic carbocycles. The number of nitrogens with zero attached hydrogens (tertiary/aromatic N) is 2. The van der Waals surface area contributed by atoms with Gasteiger partial charge in [0.15, 0.2) is 0 Å². The standard InChI is InChI=1S/C16H10N2OS2/c19-16-15(17-21-18-16)12-8-7-11-6-5-10-3-1-2-4-13(10)20-14(11)9-12/h1-9H,(H,18,19). The van der Waals surface area contributed by atoms with Crippen LogP contribution in [-0.2, 0) is 0 Å². The van der Waals surface area contributed by atoms with Crippen LogP contribution >= 0.6 is 23.5 Å². The third-order valence-corrected chi connectivity index (χ3v) is 5.02. The summed E-state index contributed by atoms with van der Waals surface area (Å²) in [6.45, 7) is 0. The predicted molar refractivity (Wildman–Crippen MR) is 86.5 cm³/mol. The number of benzene rings is 2. The Morgan fingerprint density at radius 3 is 2.48 bits per heavy atom. The van der Waals surface area contributed by atoms with Gasteiger partial charge in [0, 0.05) is 15.4 Å². The molecule has 2 heterocycles. The third kappa shape index (κ3) is 2.24. The minimum atomic E-state index is -0.00508. The normalized spacial score (nSPS) is 12.6. The molecule has 0 atom stereocenters. The lowest BCUT2D eigenvalue weighted by atomic mass is 10.1. The average Bonchev–Trinajstić information content (AvgIpc) is 2.84. The fourth-order valence-corrected chi connectivity index (χ4v) is 3.83. The minimum absolute atomic E-state index is 0.00508. The van der Waals surface area contributed by atoms with Crippen LogP contribution in [0.4, 0.5) is 0 Å². The Morgan fingerprint density at radius 2 is 1.67 bits per heavy atom. The summed E-state index contributed by atoms with van der Waals surface area (Å²) in [5.41, 5.74) is 3.83. The third-order valence-electron chi connectivity index (χ3n) is 3.34. The van der Waals surface area contributed by atoms with Gasteiger partial charge < -0.3 is 5.11 Å². The molecule has 4 rings (SSSR count). The first-order chi connectivity index (χ1) is 10.3. The molecule has 102 valence electrons. The lowest BCUT2D eigenvalue weighted by Crippen LogP contribution is -1.83. The molecule has 0 bridgehead atoms. The molecule has 5 heteroatoms. The lowest BCUT2D eigenvalue weighted by Gasteiger charge is -2.07. The molecule has 0 spiro atoms. The van der Waals surface area contributed by atoms with E-state index in [2.05, 4.69) is 45.2 Å². The van der Waals surface area contributed by atoms with E-state index in [4.69, 9.17) is 0 Å². The predicted octanol–water partition coefficient (Wildman–Crippen LogP) is 4.55. The second-order valence-electron chi connectivity index (χ2n) is 4.66. The van der Waals surface area contributed by atoms with Gasteiger partial charge >= 0.3 is 0 Å². The molecule has 0 fully saturated rings. The van der Waals surface area contributed by atoms with E-state index in [-0.39, 0.29) is 5.88 Å². The zero-order valence-electron chi connectivity index (χ0n) is 10.9. The number of hydrogen-bond donors (Lipinski definition) is 1. The highest BCUT2D eigenvalue weighted by molar-refractivity contribution is 7.99. The summed E-state index contributed by atoms with van der Waals surface area (Å²) in [6, 6.07) is 14.4. The monoisotopic (exact) mass is 310 g/mol. The maximum atomic E-state index is 9.74. The smallest absolute Gasteiger partial charge is 0.251 e. The van der Waals surface area contributed by atoms with Crippen molar-refractivity contribution in [1.82, 2.24) is 8.75 Å². The van der Waals surface area contributed by atoms with Gasteiger partial charge in [0.1, 0.15) is 5.69 Å². The van der Waals surface area contributed by atoms with Crippen LogP contribution < -0.4 is 0 Å². The number of aromatic hydroxyl groups is 1. The van der Waals surface area contributed by atoms with Gasteiger partial charge in [-0.15, -0.1) is 4.37 Å². The summed E-state index contributed by atoms with van der Waals surface area (Å²) in [7, 11) is 0. The zero-order valence-corrected chi connectivity index (χ0v) is 12.5. The summed E-state index contributed by atoms with van der Waals surface area (Å²) in [4.78, 5) is 2.38. The van der Waals surface area contributed by atoms with Gasteiger partial charge in [-0.1, -0.05) is 54.2 Å². The van der Waals surface area contributed by atoms with E-state index >= 15 is 0 Å². The van der Waals surface area contributed by atoms with Crippen molar-refractivity contribution in [2.75, 3.05) is 0 Å². The molecule has 1 N–H and O–H groups in total. The van der Waals surface area contributed by atoms with Crippen LogP contribution in [0.5, 0.6) is 5.88 Å². The average molecular weight is 310 g/mol. The molecular formula is C16H10N2OS2. The van der Waals surface area contributed by atoms with Crippen LogP contribution in [0.2, 0.25) is 0 Å². The number of fused-ring (bicyclic) bond motifs is 2. The molecule has 0 saturated heterocycles. The van der Waals surface area contributed by atoms with Crippen LogP contribution in [0.15, 0.2) is 52.3 Å². The summed E-state index contributed by atoms with van der Waals surface area (Å²) >= 11 is 2.75. The summed E-state index contributed by atoms with van der Waals surface area (Å²) in [6.07, 6.45) is 4.26. The molecule has 1 aliphatic heterocycles. The van der Waals surface area contributed by atoms with Crippen molar-refractivity contribution < 1.29 is 5.11 Å². The summed E-state index contributed by atoms with van der Waals surface area (Å²) in [5, 5.41) is 9.74. The Morgan fingerprint density at radius 1 is 0.857 bits per heavy atom. The molecule has 0 saturated carbocycles. The topological polar surface area (TPSA) is 46.0 Å². The van der Waals surface area contributed by atoms with E-state index in [1.807, 2.05) is 18.2 Å². The van der Waals surface area contributed by atoms with Crippen molar-refractivity contribution >= 4 is 35.6 Å². The zero-order chi connectivity index (χ0) is 14.2. The van der Waals surface area contributed by atoms with E-state index in [9.17, 15) is 5.11 Å². The quantitative estimate of drug-likeness (QED) is 0.560. The van der Waals surface area contributed by atoms with Gasteiger partial charge in [-0.2, -0.15) is 4.37 Å². The van der Waals surface area contributed by atoms with E-state index < -0.39 is 0 Å². The number of hydrogen-bond acceptors (Lipinski definition) is 5. The van der Waals surface area contributed by atoms with Crippen molar-refractivity contribution in [2.45, 2.75) is 9.79 Å². The van der Waals surface area contributed by atoms with Crippen LogP contribution in [-0.4, -0.2) is 13.9 Å². The van der Waals surface area contributed by atoms with Crippen LogP contribution in [0.3, 0.4) is 0 Å². The van der Waals surface area contributed by atoms with Crippen LogP contribution in [0, 0.1) is 0 Å². The minimum Gasteiger partial charge on any atom is -0.491 e. The van der Waals surface area contributed by atoms with E-state index in [0.717, 1.165) is 22.2 Å². The molecule has 0 amide bonds. The van der Waals surface area contributed by atoms with Gasteiger partial charge in [0.05, 0.1) is 11.7 Å². The lowest BCUT2D eigenvalue weighted by molar-refractivity contribution is 0.461. The largest absolute Gasteiger partial charge is 0.491 e. The highest BCUT2D eigenvalue weighted by Gasteiger charge is 2.14. The molecule has 0 unspecified atom stereocenters. The molecule has 21 heavy (non-hydrogen) atoms. The molecule has 1 aromatic heterocycles. The second kappa shape index (κ2) is 5.02. The Kier molecular flexibility index (Phi) is 3.02.